The molecule has 11 heteroatoms. The highest BCUT2D eigenvalue weighted by Crippen LogP contribution is 2.23. The molecular weight excluding hydrogens is 458 g/mol. The number of aliphatic hydroxyl groups excluding tert-OH is 1. The maximum absolute atomic E-state index is 11.8. The van der Waals surface area contributed by atoms with Crippen LogP contribution in [0.1, 0.15) is 23.8 Å². The Labute approximate surface area is 199 Å². The molecule has 3 rings (SSSR count). The number of aromatic nitrogens is 2. The van der Waals surface area contributed by atoms with Crippen LogP contribution in [0.5, 0.6) is 5.75 Å². The SMILES string of the molecule is CN(C)C(=O)CCc1n[nH]c2cc(OCCNCC(O)c3cccc(NS(C)(=O)=O)c3)ccc12. The Balaban J connectivity index is 1.44. The van der Waals surface area contributed by atoms with Gasteiger partial charge in [0.15, 0.2) is 0 Å². The molecule has 0 bridgehead atoms. The van der Waals surface area contributed by atoms with Crippen LogP contribution in [0, 0.1) is 0 Å². The van der Waals surface area contributed by atoms with Gasteiger partial charge in [-0.25, -0.2) is 8.42 Å². The molecule has 0 radical (unpaired) electrons. The number of hydrogen-bond acceptors (Lipinski definition) is 7. The molecule has 1 heterocycles. The minimum absolute atomic E-state index is 0.0620. The van der Waals surface area contributed by atoms with Crippen molar-refractivity contribution >= 4 is 32.5 Å². The van der Waals surface area contributed by atoms with E-state index in [1.165, 1.54) is 0 Å². The fourth-order valence-corrected chi connectivity index (χ4v) is 3.96. The van der Waals surface area contributed by atoms with Crippen molar-refractivity contribution in [3.05, 3.63) is 53.7 Å². The van der Waals surface area contributed by atoms with E-state index in [1.54, 1.807) is 43.3 Å². The Kier molecular flexibility index (Phi) is 8.48. The Morgan fingerprint density at radius 3 is 2.76 bits per heavy atom. The average Bonchev–Trinajstić information content (AvgIpc) is 3.18. The molecule has 2 aromatic carbocycles. The van der Waals surface area contributed by atoms with Gasteiger partial charge in [0.1, 0.15) is 12.4 Å². The summed E-state index contributed by atoms with van der Waals surface area (Å²) < 4.78 is 30.9. The second kappa shape index (κ2) is 11.3. The summed E-state index contributed by atoms with van der Waals surface area (Å²) in [5.74, 6) is 0.751. The highest BCUT2D eigenvalue weighted by atomic mass is 32.2. The number of rotatable bonds is 12. The van der Waals surface area contributed by atoms with Gasteiger partial charge in [0.05, 0.1) is 23.6 Å². The van der Waals surface area contributed by atoms with Gasteiger partial charge >= 0.3 is 0 Å². The first-order valence-corrected chi connectivity index (χ1v) is 12.8. The number of amides is 1. The topological polar surface area (TPSA) is 137 Å². The molecule has 0 saturated heterocycles. The zero-order valence-electron chi connectivity index (χ0n) is 19.5. The van der Waals surface area contributed by atoms with Crippen molar-refractivity contribution < 1.29 is 23.1 Å². The van der Waals surface area contributed by atoms with Gasteiger partial charge in [-0.3, -0.25) is 14.6 Å². The van der Waals surface area contributed by atoms with Crippen LogP contribution < -0.4 is 14.8 Å². The molecule has 0 spiro atoms. The van der Waals surface area contributed by atoms with E-state index in [-0.39, 0.29) is 5.91 Å². The summed E-state index contributed by atoms with van der Waals surface area (Å²) in [6.45, 7) is 1.20. The van der Waals surface area contributed by atoms with Crippen LogP contribution in [-0.2, 0) is 21.2 Å². The van der Waals surface area contributed by atoms with Crippen LogP contribution in [-0.4, -0.2) is 74.6 Å². The normalized spacial score (nSPS) is 12.5. The number of carbonyl (C=O) groups is 1. The third kappa shape index (κ3) is 7.44. The fraction of sp³-hybridized carbons (Fsp3) is 0.391. The number of nitrogens with one attached hydrogen (secondary N) is 3. The van der Waals surface area contributed by atoms with Gasteiger partial charge < -0.3 is 20.1 Å². The summed E-state index contributed by atoms with van der Waals surface area (Å²) >= 11 is 0. The summed E-state index contributed by atoms with van der Waals surface area (Å²) in [4.78, 5) is 13.4. The van der Waals surface area contributed by atoms with E-state index in [0.29, 0.717) is 49.5 Å². The molecule has 10 nitrogen and oxygen atoms in total. The van der Waals surface area contributed by atoms with Crippen molar-refractivity contribution in [1.82, 2.24) is 20.4 Å². The summed E-state index contributed by atoms with van der Waals surface area (Å²) in [6, 6.07) is 12.3. The van der Waals surface area contributed by atoms with Crippen molar-refractivity contribution in [3.8, 4) is 5.75 Å². The van der Waals surface area contributed by atoms with Crippen molar-refractivity contribution in [2.45, 2.75) is 18.9 Å². The lowest BCUT2D eigenvalue weighted by molar-refractivity contribution is -0.128. The van der Waals surface area contributed by atoms with Gasteiger partial charge in [0.2, 0.25) is 15.9 Å². The molecule has 4 N–H and O–H groups in total. The van der Waals surface area contributed by atoms with E-state index in [0.717, 1.165) is 22.9 Å². The van der Waals surface area contributed by atoms with E-state index in [9.17, 15) is 18.3 Å². The van der Waals surface area contributed by atoms with Crippen LogP contribution in [0.15, 0.2) is 42.5 Å². The Morgan fingerprint density at radius 1 is 1.24 bits per heavy atom. The number of hydrogen-bond donors (Lipinski definition) is 4. The molecule has 34 heavy (non-hydrogen) atoms. The van der Waals surface area contributed by atoms with Crippen molar-refractivity contribution in [2.24, 2.45) is 0 Å². The minimum Gasteiger partial charge on any atom is -0.492 e. The van der Waals surface area contributed by atoms with Crippen LogP contribution in [0.3, 0.4) is 0 Å². The summed E-state index contributed by atoms with van der Waals surface area (Å²) in [5.41, 5.74) is 2.71. The number of benzene rings is 2. The molecule has 0 saturated carbocycles. The largest absolute Gasteiger partial charge is 0.492 e. The number of H-pyrrole nitrogens is 1. The molecule has 184 valence electrons. The number of carbonyl (C=O) groups excluding carboxylic acids is 1. The molecule has 1 atom stereocenters. The lowest BCUT2D eigenvalue weighted by Gasteiger charge is -2.14. The van der Waals surface area contributed by atoms with Gasteiger partial charge in [-0.15, -0.1) is 0 Å². The third-order valence-corrected chi connectivity index (χ3v) is 5.75. The maximum Gasteiger partial charge on any atom is 0.229 e. The smallest absolute Gasteiger partial charge is 0.229 e. The lowest BCUT2D eigenvalue weighted by Crippen LogP contribution is -2.26. The van der Waals surface area contributed by atoms with Gasteiger partial charge in [0.25, 0.3) is 0 Å². The third-order valence-electron chi connectivity index (χ3n) is 5.15. The van der Waals surface area contributed by atoms with E-state index >= 15 is 0 Å². The number of fused-ring (bicyclic) bond motifs is 1. The van der Waals surface area contributed by atoms with Crippen LogP contribution >= 0.6 is 0 Å². The number of aryl methyl sites for hydroxylation is 1. The molecule has 0 aliphatic heterocycles. The molecule has 3 aromatic rings. The molecule has 1 aromatic heterocycles. The predicted octanol–water partition coefficient (Wildman–Crippen LogP) is 1.66. The number of ether oxygens (including phenoxy) is 1. The monoisotopic (exact) mass is 489 g/mol. The van der Waals surface area contributed by atoms with Crippen LogP contribution in [0.25, 0.3) is 10.9 Å². The molecule has 1 amide bonds. The number of aliphatic hydroxyl groups is 1. The van der Waals surface area contributed by atoms with Crippen LogP contribution in [0.2, 0.25) is 0 Å². The van der Waals surface area contributed by atoms with E-state index in [2.05, 4.69) is 20.2 Å². The minimum atomic E-state index is -3.38. The summed E-state index contributed by atoms with van der Waals surface area (Å²) in [5, 5.41) is 21.8. The van der Waals surface area contributed by atoms with E-state index in [1.807, 2.05) is 18.2 Å². The molecule has 0 aliphatic carbocycles. The van der Waals surface area contributed by atoms with Gasteiger partial charge in [-0.1, -0.05) is 12.1 Å². The zero-order valence-corrected chi connectivity index (χ0v) is 20.4. The van der Waals surface area contributed by atoms with E-state index < -0.39 is 16.1 Å². The van der Waals surface area contributed by atoms with Crippen LogP contribution in [0.4, 0.5) is 5.69 Å². The fourth-order valence-electron chi connectivity index (χ4n) is 3.41. The Hall–Kier alpha value is -3.15. The number of anilines is 1. The zero-order chi connectivity index (χ0) is 24.7. The predicted molar refractivity (Wildman–Crippen MR) is 131 cm³/mol. The quantitative estimate of drug-likeness (QED) is 0.284. The highest BCUT2D eigenvalue weighted by Gasteiger charge is 2.11. The molecule has 0 fully saturated rings. The maximum atomic E-state index is 11.8. The Bertz CT molecular complexity index is 1230. The number of nitrogens with zero attached hydrogens (tertiary/aromatic N) is 2. The second-order valence-corrected chi connectivity index (χ2v) is 9.98. The lowest BCUT2D eigenvalue weighted by atomic mass is 10.1. The highest BCUT2D eigenvalue weighted by molar-refractivity contribution is 7.92. The standard InChI is InChI=1S/C23H31N5O5S/c1-28(2)23(30)10-9-20-19-8-7-18(14-21(19)26-25-20)33-12-11-24-15-22(29)16-5-4-6-17(13-16)27-34(3,31)32/h4-8,13-14,22,24,27,29H,9-12,15H2,1-3H3,(H,25,26). The van der Waals surface area contributed by atoms with Gasteiger partial charge in [0, 0.05) is 57.2 Å². The molecular formula is C23H31N5O5S. The van der Waals surface area contributed by atoms with E-state index in [4.69, 9.17) is 4.74 Å². The first-order chi connectivity index (χ1) is 16.1. The number of aromatic amines is 1. The van der Waals surface area contributed by atoms with Crippen molar-refractivity contribution in [3.63, 3.8) is 0 Å². The van der Waals surface area contributed by atoms with Crippen molar-refractivity contribution in [2.75, 3.05) is 44.8 Å². The second-order valence-electron chi connectivity index (χ2n) is 8.23. The van der Waals surface area contributed by atoms with Gasteiger partial charge in [-0.2, -0.15) is 5.10 Å². The van der Waals surface area contributed by atoms with Crippen molar-refractivity contribution in [1.29, 1.82) is 0 Å². The summed E-state index contributed by atoms with van der Waals surface area (Å²) in [7, 11) is 0.0968. The average molecular weight is 490 g/mol. The summed E-state index contributed by atoms with van der Waals surface area (Å²) in [6.07, 6.45) is 1.26. The molecule has 1 unspecified atom stereocenters. The van der Waals surface area contributed by atoms with Gasteiger partial charge in [-0.05, 0) is 29.8 Å². The number of sulfonamides is 1. The molecule has 0 aliphatic rings. The Morgan fingerprint density at radius 2 is 2.03 bits per heavy atom. The first kappa shape index (κ1) is 25.5. The first-order valence-electron chi connectivity index (χ1n) is 10.9.